The normalized spacial score (nSPS) is 11.9. The Bertz CT molecular complexity index is 188. The molecule has 0 saturated heterocycles. The fourth-order valence-electron chi connectivity index (χ4n) is 1.99. The summed E-state index contributed by atoms with van der Waals surface area (Å²) >= 11 is 0. The first-order chi connectivity index (χ1) is 8.91. The summed E-state index contributed by atoms with van der Waals surface area (Å²) in [5.41, 5.74) is 0. The Morgan fingerprint density at radius 3 is 1.78 bits per heavy atom. The lowest BCUT2D eigenvalue weighted by Crippen LogP contribution is -1.76. The maximum absolute atomic E-state index is 3.86. The third-order valence-electron chi connectivity index (χ3n) is 3.20. The maximum atomic E-state index is 3.86. The SMILES string of the molecule is [CH2]CCCCCCC=CCC=CCCCCCC. The van der Waals surface area contributed by atoms with E-state index in [4.69, 9.17) is 0 Å². The molecule has 0 bridgehead atoms. The van der Waals surface area contributed by atoms with Gasteiger partial charge in [-0.3, -0.25) is 0 Å². The molecule has 0 aromatic carbocycles. The quantitative estimate of drug-likeness (QED) is 0.254. The second kappa shape index (κ2) is 16.5. The van der Waals surface area contributed by atoms with Gasteiger partial charge in [0.25, 0.3) is 0 Å². The van der Waals surface area contributed by atoms with Crippen molar-refractivity contribution in [3.05, 3.63) is 31.2 Å². The van der Waals surface area contributed by atoms with Crippen LogP contribution in [0.2, 0.25) is 0 Å². The van der Waals surface area contributed by atoms with Crippen molar-refractivity contribution in [3.63, 3.8) is 0 Å². The van der Waals surface area contributed by atoms with Crippen LogP contribution in [-0.2, 0) is 0 Å². The third kappa shape index (κ3) is 15.5. The zero-order chi connectivity index (χ0) is 13.3. The molecule has 0 N–H and O–H groups in total. The fourth-order valence-corrected chi connectivity index (χ4v) is 1.99. The van der Waals surface area contributed by atoms with E-state index in [9.17, 15) is 0 Å². The van der Waals surface area contributed by atoms with Crippen LogP contribution >= 0.6 is 0 Å². The zero-order valence-electron chi connectivity index (χ0n) is 12.5. The standard InChI is InChI=1S/C18H33/c1-3-5-7-9-11-13-15-17-18-16-14-12-10-8-6-4-2/h14-17H,1,3-13,18H2,2H3. The summed E-state index contributed by atoms with van der Waals surface area (Å²) in [7, 11) is 0. The summed E-state index contributed by atoms with van der Waals surface area (Å²) in [5, 5.41) is 0. The molecule has 0 heterocycles. The zero-order valence-corrected chi connectivity index (χ0v) is 12.5. The molecular formula is C18H33. The van der Waals surface area contributed by atoms with E-state index in [1.54, 1.807) is 0 Å². The van der Waals surface area contributed by atoms with Crippen molar-refractivity contribution in [3.8, 4) is 0 Å². The van der Waals surface area contributed by atoms with Gasteiger partial charge in [0.1, 0.15) is 0 Å². The summed E-state index contributed by atoms with van der Waals surface area (Å²) in [4.78, 5) is 0. The van der Waals surface area contributed by atoms with Crippen LogP contribution < -0.4 is 0 Å². The van der Waals surface area contributed by atoms with Gasteiger partial charge in [0, 0.05) is 0 Å². The van der Waals surface area contributed by atoms with Crippen molar-refractivity contribution < 1.29 is 0 Å². The Labute approximate surface area is 116 Å². The molecule has 0 aromatic heterocycles. The highest BCUT2D eigenvalue weighted by Gasteiger charge is 1.86. The van der Waals surface area contributed by atoms with E-state index in [0.717, 1.165) is 12.8 Å². The van der Waals surface area contributed by atoms with Crippen LogP contribution in [0.4, 0.5) is 0 Å². The van der Waals surface area contributed by atoms with Crippen LogP contribution in [0, 0.1) is 6.92 Å². The van der Waals surface area contributed by atoms with Gasteiger partial charge in [-0.15, -0.1) is 0 Å². The summed E-state index contributed by atoms with van der Waals surface area (Å²) in [6.07, 6.45) is 24.9. The van der Waals surface area contributed by atoms with Crippen molar-refractivity contribution in [2.45, 2.75) is 84.0 Å². The van der Waals surface area contributed by atoms with Crippen LogP contribution in [-0.4, -0.2) is 0 Å². The monoisotopic (exact) mass is 249 g/mol. The number of allylic oxidation sites excluding steroid dienone is 4. The van der Waals surface area contributed by atoms with Gasteiger partial charge in [0.15, 0.2) is 0 Å². The molecule has 0 aromatic rings. The van der Waals surface area contributed by atoms with Gasteiger partial charge in [0.2, 0.25) is 0 Å². The lowest BCUT2D eigenvalue weighted by atomic mass is 10.1. The van der Waals surface area contributed by atoms with E-state index in [2.05, 4.69) is 38.2 Å². The fraction of sp³-hybridized carbons (Fsp3) is 0.722. The van der Waals surface area contributed by atoms with Crippen molar-refractivity contribution in [2.24, 2.45) is 0 Å². The first kappa shape index (κ1) is 17.5. The summed E-state index contributed by atoms with van der Waals surface area (Å²) < 4.78 is 0. The Morgan fingerprint density at radius 2 is 1.22 bits per heavy atom. The Kier molecular flexibility index (Phi) is 16.0. The number of unbranched alkanes of at least 4 members (excludes halogenated alkanes) is 9. The van der Waals surface area contributed by atoms with Gasteiger partial charge in [0.05, 0.1) is 0 Å². The average molecular weight is 249 g/mol. The molecule has 0 spiro atoms. The van der Waals surface area contributed by atoms with Gasteiger partial charge in [-0.25, -0.2) is 0 Å². The molecular weight excluding hydrogens is 216 g/mol. The molecule has 0 fully saturated rings. The molecule has 0 heteroatoms. The molecule has 0 atom stereocenters. The molecule has 0 rings (SSSR count). The van der Waals surface area contributed by atoms with E-state index in [0.29, 0.717) is 0 Å². The lowest BCUT2D eigenvalue weighted by Gasteiger charge is -1.95. The van der Waals surface area contributed by atoms with E-state index >= 15 is 0 Å². The smallest absolute Gasteiger partial charge is 0.0169 e. The van der Waals surface area contributed by atoms with Gasteiger partial charge in [-0.2, -0.15) is 0 Å². The largest absolute Gasteiger partial charge is 0.0882 e. The Morgan fingerprint density at radius 1 is 0.667 bits per heavy atom. The van der Waals surface area contributed by atoms with E-state index in [1.807, 2.05) is 0 Å². The molecule has 0 unspecified atom stereocenters. The molecule has 18 heavy (non-hydrogen) atoms. The Hall–Kier alpha value is -0.520. The van der Waals surface area contributed by atoms with Gasteiger partial charge in [-0.1, -0.05) is 83.1 Å². The second-order valence-electron chi connectivity index (χ2n) is 5.08. The second-order valence-corrected chi connectivity index (χ2v) is 5.08. The predicted octanol–water partition coefficient (Wildman–Crippen LogP) is 6.63. The molecule has 0 nitrogen and oxygen atoms in total. The topological polar surface area (TPSA) is 0 Å². The molecule has 1 radical (unpaired) electrons. The molecule has 0 saturated carbocycles. The first-order valence-corrected chi connectivity index (χ1v) is 8.01. The minimum absolute atomic E-state index is 1.10. The highest BCUT2D eigenvalue weighted by molar-refractivity contribution is 4.92. The van der Waals surface area contributed by atoms with Gasteiger partial charge < -0.3 is 0 Å². The van der Waals surface area contributed by atoms with Crippen molar-refractivity contribution in [2.75, 3.05) is 0 Å². The number of hydrogen-bond acceptors (Lipinski definition) is 0. The van der Waals surface area contributed by atoms with Crippen LogP contribution in [0.3, 0.4) is 0 Å². The van der Waals surface area contributed by atoms with E-state index in [1.165, 1.54) is 64.2 Å². The summed E-state index contributed by atoms with van der Waals surface area (Å²) in [6.45, 7) is 6.13. The predicted molar refractivity (Wildman–Crippen MR) is 84.7 cm³/mol. The van der Waals surface area contributed by atoms with Crippen molar-refractivity contribution >= 4 is 0 Å². The lowest BCUT2D eigenvalue weighted by molar-refractivity contribution is 0.651. The maximum Gasteiger partial charge on any atom is -0.0169 e. The van der Waals surface area contributed by atoms with Crippen LogP contribution in [0.1, 0.15) is 84.0 Å². The minimum Gasteiger partial charge on any atom is -0.0882 e. The molecule has 0 amide bonds. The van der Waals surface area contributed by atoms with E-state index in [-0.39, 0.29) is 0 Å². The first-order valence-electron chi connectivity index (χ1n) is 8.01. The van der Waals surface area contributed by atoms with Crippen molar-refractivity contribution in [1.82, 2.24) is 0 Å². The van der Waals surface area contributed by atoms with Crippen molar-refractivity contribution in [1.29, 1.82) is 0 Å². The molecule has 0 aliphatic carbocycles. The Balaban J connectivity index is 3.14. The van der Waals surface area contributed by atoms with Crippen LogP contribution in [0.25, 0.3) is 0 Å². The summed E-state index contributed by atoms with van der Waals surface area (Å²) in [6, 6.07) is 0. The highest BCUT2D eigenvalue weighted by atomic mass is 13.9. The molecule has 0 aliphatic rings. The highest BCUT2D eigenvalue weighted by Crippen LogP contribution is 2.06. The number of rotatable bonds is 13. The number of hydrogen-bond donors (Lipinski definition) is 0. The van der Waals surface area contributed by atoms with Gasteiger partial charge >= 0.3 is 0 Å². The van der Waals surface area contributed by atoms with Crippen LogP contribution in [0.5, 0.6) is 0 Å². The van der Waals surface area contributed by atoms with Crippen LogP contribution in [0.15, 0.2) is 24.3 Å². The van der Waals surface area contributed by atoms with Gasteiger partial charge in [-0.05, 0) is 32.1 Å². The molecule has 0 aliphatic heterocycles. The third-order valence-corrected chi connectivity index (χ3v) is 3.20. The van der Waals surface area contributed by atoms with E-state index < -0.39 is 0 Å². The molecule has 105 valence electrons. The summed E-state index contributed by atoms with van der Waals surface area (Å²) in [5.74, 6) is 0. The minimum atomic E-state index is 1.10. The average Bonchev–Trinajstić information content (AvgIpc) is 2.39.